The molecule has 0 aliphatic carbocycles. The predicted octanol–water partition coefficient (Wildman–Crippen LogP) is 4.67. The molecule has 4 rings (SSSR count). The second-order valence-electron chi connectivity index (χ2n) is 6.58. The molecule has 8 heteroatoms. The van der Waals surface area contributed by atoms with E-state index in [1.54, 1.807) is 50.2 Å². The largest absolute Gasteiger partial charge is 0.320 e. The third kappa shape index (κ3) is 3.54. The molecule has 1 amide bonds. The molecule has 0 unspecified atom stereocenters. The fourth-order valence-corrected chi connectivity index (χ4v) is 4.20. The SMILES string of the molecule is Cc1nc(C)c(C(=O)Nc2cc(-n3c(C)nc4ccccc4c3=O)ccc2Cl)s1. The van der Waals surface area contributed by atoms with Gasteiger partial charge in [-0.05, 0) is 51.1 Å². The molecule has 2 heterocycles. The number of amides is 1. The van der Waals surface area contributed by atoms with Crippen molar-refractivity contribution in [3.8, 4) is 5.69 Å². The summed E-state index contributed by atoms with van der Waals surface area (Å²) in [5.41, 5.74) is 2.12. The van der Waals surface area contributed by atoms with E-state index in [-0.39, 0.29) is 11.5 Å². The first-order valence-corrected chi connectivity index (χ1v) is 10.1. The molecule has 2 aromatic heterocycles. The fraction of sp³-hybridized carbons (Fsp3) is 0.143. The van der Waals surface area contributed by atoms with Crippen LogP contribution in [0.3, 0.4) is 0 Å². The van der Waals surface area contributed by atoms with E-state index in [2.05, 4.69) is 15.3 Å². The van der Waals surface area contributed by atoms with E-state index >= 15 is 0 Å². The number of thiazole rings is 1. The molecular weight excluding hydrogens is 408 g/mol. The van der Waals surface area contributed by atoms with Crippen LogP contribution in [0.1, 0.15) is 26.2 Å². The monoisotopic (exact) mass is 424 g/mol. The highest BCUT2D eigenvalue weighted by molar-refractivity contribution is 7.13. The highest BCUT2D eigenvalue weighted by Gasteiger charge is 2.17. The highest BCUT2D eigenvalue weighted by Crippen LogP contribution is 2.27. The molecule has 6 nitrogen and oxygen atoms in total. The van der Waals surface area contributed by atoms with Gasteiger partial charge in [0.25, 0.3) is 11.5 Å². The number of aryl methyl sites for hydroxylation is 3. The van der Waals surface area contributed by atoms with Crippen LogP contribution >= 0.6 is 22.9 Å². The first-order chi connectivity index (χ1) is 13.8. The van der Waals surface area contributed by atoms with Crippen LogP contribution < -0.4 is 10.9 Å². The van der Waals surface area contributed by atoms with E-state index < -0.39 is 0 Å². The Labute approximate surface area is 175 Å². The van der Waals surface area contributed by atoms with Crippen LogP contribution in [0.2, 0.25) is 5.02 Å². The summed E-state index contributed by atoms with van der Waals surface area (Å²) in [4.78, 5) is 35.1. The van der Waals surface area contributed by atoms with Gasteiger partial charge in [-0.15, -0.1) is 11.3 Å². The molecule has 0 atom stereocenters. The van der Waals surface area contributed by atoms with Crippen molar-refractivity contribution in [2.24, 2.45) is 0 Å². The number of rotatable bonds is 3. The number of para-hydroxylation sites is 1. The van der Waals surface area contributed by atoms with E-state index in [1.165, 1.54) is 15.9 Å². The molecule has 0 spiro atoms. The summed E-state index contributed by atoms with van der Waals surface area (Å²) in [6.45, 7) is 5.41. The smallest absolute Gasteiger partial charge is 0.267 e. The summed E-state index contributed by atoms with van der Waals surface area (Å²) < 4.78 is 1.51. The third-order valence-electron chi connectivity index (χ3n) is 4.51. The van der Waals surface area contributed by atoms with Crippen LogP contribution in [0.5, 0.6) is 0 Å². The Morgan fingerprint density at radius 3 is 2.59 bits per heavy atom. The average Bonchev–Trinajstić information content (AvgIpc) is 3.02. The average molecular weight is 425 g/mol. The topological polar surface area (TPSA) is 76.9 Å². The molecule has 0 saturated heterocycles. The number of anilines is 1. The van der Waals surface area contributed by atoms with Gasteiger partial charge in [0, 0.05) is 0 Å². The Kier molecular flexibility index (Phi) is 4.94. The molecule has 0 bridgehead atoms. The Bertz CT molecular complexity index is 1330. The molecule has 2 aromatic carbocycles. The molecule has 146 valence electrons. The maximum Gasteiger partial charge on any atom is 0.267 e. The van der Waals surface area contributed by atoms with Gasteiger partial charge in [0.05, 0.1) is 38.0 Å². The van der Waals surface area contributed by atoms with Gasteiger partial charge < -0.3 is 5.32 Å². The van der Waals surface area contributed by atoms with Crippen molar-refractivity contribution in [3.63, 3.8) is 0 Å². The number of halogens is 1. The minimum absolute atomic E-state index is 0.179. The Hall–Kier alpha value is -3.03. The number of benzene rings is 2. The Morgan fingerprint density at radius 2 is 1.86 bits per heavy atom. The molecule has 1 N–H and O–H groups in total. The van der Waals surface area contributed by atoms with Gasteiger partial charge in [0.15, 0.2) is 0 Å². The van der Waals surface area contributed by atoms with Crippen LogP contribution in [0.15, 0.2) is 47.3 Å². The number of nitrogens with one attached hydrogen (secondary N) is 1. The molecular formula is C21H17ClN4O2S. The standard InChI is InChI=1S/C21H17ClN4O2S/c1-11-19(29-13(3)23-11)20(27)25-18-10-14(8-9-16(18)22)26-12(2)24-17-7-5-4-6-15(17)21(26)28/h4-10H,1-3H3,(H,25,27). The maximum absolute atomic E-state index is 13.0. The second-order valence-corrected chi connectivity index (χ2v) is 8.19. The first-order valence-electron chi connectivity index (χ1n) is 8.89. The van der Waals surface area contributed by atoms with E-state index in [0.29, 0.717) is 43.7 Å². The lowest BCUT2D eigenvalue weighted by Gasteiger charge is -2.13. The summed E-state index contributed by atoms with van der Waals surface area (Å²) >= 11 is 7.63. The zero-order chi connectivity index (χ0) is 20.7. The minimum atomic E-state index is -0.284. The predicted molar refractivity (Wildman–Crippen MR) is 117 cm³/mol. The summed E-state index contributed by atoms with van der Waals surface area (Å²) in [6, 6.07) is 12.3. The minimum Gasteiger partial charge on any atom is -0.320 e. The lowest BCUT2D eigenvalue weighted by Crippen LogP contribution is -2.22. The van der Waals surface area contributed by atoms with Crippen molar-refractivity contribution in [2.45, 2.75) is 20.8 Å². The van der Waals surface area contributed by atoms with Crippen LogP contribution in [0, 0.1) is 20.8 Å². The summed E-state index contributed by atoms with van der Waals surface area (Å²) in [6.07, 6.45) is 0. The summed E-state index contributed by atoms with van der Waals surface area (Å²) in [7, 11) is 0. The number of hydrogen-bond donors (Lipinski definition) is 1. The van der Waals surface area contributed by atoms with Crippen molar-refractivity contribution < 1.29 is 4.79 Å². The van der Waals surface area contributed by atoms with Crippen molar-refractivity contribution in [2.75, 3.05) is 5.32 Å². The lowest BCUT2D eigenvalue weighted by atomic mass is 10.2. The highest BCUT2D eigenvalue weighted by atomic mass is 35.5. The van der Waals surface area contributed by atoms with Crippen LogP contribution in [0.25, 0.3) is 16.6 Å². The van der Waals surface area contributed by atoms with E-state index in [1.807, 2.05) is 13.0 Å². The van der Waals surface area contributed by atoms with E-state index in [0.717, 1.165) is 5.01 Å². The molecule has 0 aliphatic rings. The number of nitrogens with zero attached hydrogens (tertiary/aromatic N) is 3. The van der Waals surface area contributed by atoms with Gasteiger partial charge in [-0.25, -0.2) is 9.97 Å². The molecule has 0 aliphatic heterocycles. The van der Waals surface area contributed by atoms with Gasteiger partial charge in [0.1, 0.15) is 10.7 Å². The number of fused-ring (bicyclic) bond motifs is 1. The Morgan fingerprint density at radius 1 is 1.10 bits per heavy atom. The molecule has 0 fully saturated rings. The maximum atomic E-state index is 13.0. The van der Waals surface area contributed by atoms with Crippen molar-refractivity contribution in [3.05, 3.63) is 79.2 Å². The van der Waals surface area contributed by atoms with E-state index in [9.17, 15) is 9.59 Å². The zero-order valence-corrected chi connectivity index (χ0v) is 17.6. The van der Waals surface area contributed by atoms with Crippen molar-refractivity contribution >= 4 is 45.4 Å². The lowest BCUT2D eigenvalue weighted by molar-refractivity contribution is 0.103. The van der Waals surface area contributed by atoms with Gasteiger partial charge in [-0.3, -0.25) is 14.2 Å². The number of carbonyl (C=O) groups excluding carboxylic acids is 1. The van der Waals surface area contributed by atoms with E-state index in [4.69, 9.17) is 11.6 Å². The first kappa shape index (κ1) is 19.3. The zero-order valence-electron chi connectivity index (χ0n) is 16.0. The van der Waals surface area contributed by atoms with Crippen molar-refractivity contribution in [1.29, 1.82) is 0 Å². The Balaban J connectivity index is 1.78. The van der Waals surface area contributed by atoms with Gasteiger partial charge >= 0.3 is 0 Å². The van der Waals surface area contributed by atoms with Gasteiger partial charge in [-0.1, -0.05) is 23.7 Å². The fourth-order valence-electron chi connectivity index (χ4n) is 3.22. The number of aromatic nitrogens is 3. The number of carbonyl (C=O) groups is 1. The second kappa shape index (κ2) is 7.42. The number of hydrogen-bond acceptors (Lipinski definition) is 5. The van der Waals surface area contributed by atoms with Crippen LogP contribution in [-0.4, -0.2) is 20.4 Å². The van der Waals surface area contributed by atoms with Crippen LogP contribution in [0.4, 0.5) is 5.69 Å². The normalized spacial score (nSPS) is 11.0. The molecule has 0 saturated carbocycles. The third-order valence-corrected chi connectivity index (χ3v) is 5.91. The quantitative estimate of drug-likeness (QED) is 0.518. The summed E-state index contributed by atoms with van der Waals surface area (Å²) in [5.74, 6) is 0.259. The summed E-state index contributed by atoms with van der Waals surface area (Å²) in [5, 5.41) is 4.55. The molecule has 29 heavy (non-hydrogen) atoms. The van der Waals surface area contributed by atoms with Crippen LogP contribution in [-0.2, 0) is 0 Å². The molecule has 0 radical (unpaired) electrons. The molecule has 4 aromatic rings. The van der Waals surface area contributed by atoms with Crippen molar-refractivity contribution in [1.82, 2.24) is 14.5 Å². The van der Waals surface area contributed by atoms with Gasteiger partial charge in [-0.2, -0.15) is 0 Å². The van der Waals surface area contributed by atoms with Gasteiger partial charge in [0.2, 0.25) is 0 Å².